The van der Waals surface area contributed by atoms with Gasteiger partial charge in [-0.1, -0.05) is 0 Å². The number of nitrogens with zero attached hydrogens (tertiary/aromatic N) is 6. The zero-order chi connectivity index (χ0) is 19.0. The average molecular weight is 393 g/mol. The molecule has 0 saturated carbocycles. The Morgan fingerprint density at radius 2 is 2.00 bits per heavy atom. The largest absolute Gasteiger partial charge is 0.351 e. The van der Waals surface area contributed by atoms with E-state index >= 15 is 0 Å². The third-order valence-electron chi connectivity index (χ3n) is 5.33. The van der Waals surface area contributed by atoms with Crippen molar-refractivity contribution in [2.45, 2.75) is 25.3 Å². The minimum absolute atomic E-state index is 0.0173. The molecule has 27 heavy (non-hydrogen) atoms. The highest BCUT2D eigenvalue weighted by Gasteiger charge is 2.32. The number of aromatic nitrogens is 4. The highest BCUT2D eigenvalue weighted by atomic mass is 32.2. The zero-order valence-corrected chi connectivity index (χ0v) is 16.0. The van der Waals surface area contributed by atoms with E-state index in [0.29, 0.717) is 38.1 Å². The Balaban J connectivity index is 1.34. The lowest BCUT2D eigenvalue weighted by Crippen LogP contribution is -2.45. The number of carbonyl (C=O) groups is 1. The number of rotatable bonds is 4. The van der Waals surface area contributed by atoms with Gasteiger partial charge in [0.25, 0.3) is 0 Å². The molecule has 1 amide bonds. The van der Waals surface area contributed by atoms with Crippen molar-refractivity contribution in [1.82, 2.24) is 29.2 Å². The molecule has 2 aromatic rings. The van der Waals surface area contributed by atoms with Gasteiger partial charge in [0, 0.05) is 50.5 Å². The molecule has 0 aromatic carbocycles. The number of amides is 1. The van der Waals surface area contributed by atoms with Crippen LogP contribution in [-0.4, -0.2) is 76.7 Å². The molecule has 0 unspecified atom stereocenters. The Kier molecular flexibility index (Phi) is 4.72. The Bertz CT molecular complexity index is 936. The second-order valence-electron chi connectivity index (χ2n) is 7.19. The fourth-order valence-corrected chi connectivity index (χ4v) is 4.68. The minimum atomic E-state index is -3.17. The van der Waals surface area contributed by atoms with Crippen molar-refractivity contribution >= 4 is 27.4 Å². The summed E-state index contributed by atoms with van der Waals surface area (Å²) in [6, 6.07) is 0.0513. The molecular weight excluding hydrogens is 370 g/mol. The summed E-state index contributed by atoms with van der Waals surface area (Å²) in [5.74, 6) is 0.659. The monoisotopic (exact) mass is 393 g/mol. The van der Waals surface area contributed by atoms with E-state index in [-0.39, 0.29) is 17.9 Å². The molecule has 146 valence electrons. The van der Waals surface area contributed by atoms with Crippen LogP contribution in [0.25, 0.3) is 5.65 Å². The van der Waals surface area contributed by atoms with Gasteiger partial charge in [0.1, 0.15) is 6.33 Å². The first-order valence-electron chi connectivity index (χ1n) is 9.06. The van der Waals surface area contributed by atoms with Crippen molar-refractivity contribution in [2.75, 3.05) is 37.3 Å². The maximum atomic E-state index is 12.6. The first kappa shape index (κ1) is 18.1. The highest BCUT2D eigenvalue weighted by Crippen LogP contribution is 2.23. The van der Waals surface area contributed by atoms with Crippen molar-refractivity contribution in [1.29, 1.82) is 0 Å². The SMILES string of the molecule is CS(=O)(=O)N1CCC(C(=O)N[C@H]2CCN(c3nccn4cnnc34)C2)CC1. The van der Waals surface area contributed by atoms with Crippen LogP contribution in [0.5, 0.6) is 0 Å². The van der Waals surface area contributed by atoms with Crippen LogP contribution in [0.2, 0.25) is 0 Å². The number of anilines is 1. The summed E-state index contributed by atoms with van der Waals surface area (Å²) in [6.07, 6.45) is 8.34. The molecule has 2 fully saturated rings. The lowest BCUT2D eigenvalue weighted by Gasteiger charge is -2.30. The van der Waals surface area contributed by atoms with Gasteiger partial charge in [-0.25, -0.2) is 17.7 Å². The van der Waals surface area contributed by atoms with Crippen LogP contribution in [0.15, 0.2) is 18.7 Å². The summed E-state index contributed by atoms with van der Waals surface area (Å²) in [4.78, 5) is 19.1. The van der Waals surface area contributed by atoms with Crippen LogP contribution in [0.1, 0.15) is 19.3 Å². The number of hydrogen-bond donors (Lipinski definition) is 1. The minimum Gasteiger partial charge on any atom is -0.351 e. The number of carbonyl (C=O) groups excluding carboxylic acids is 1. The topological polar surface area (TPSA) is 113 Å². The molecule has 0 radical (unpaired) electrons. The predicted molar refractivity (Wildman–Crippen MR) is 98.7 cm³/mol. The van der Waals surface area contributed by atoms with Gasteiger partial charge >= 0.3 is 0 Å². The van der Waals surface area contributed by atoms with E-state index in [4.69, 9.17) is 0 Å². The van der Waals surface area contributed by atoms with Gasteiger partial charge in [-0.3, -0.25) is 9.20 Å². The third-order valence-corrected chi connectivity index (χ3v) is 6.63. The molecule has 2 saturated heterocycles. The Morgan fingerprint density at radius 3 is 2.74 bits per heavy atom. The van der Waals surface area contributed by atoms with Gasteiger partial charge in [-0.2, -0.15) is 0 Å². The highest BCUT2D eigenvalue weighted by molar-refractivity contribution is 7.88. The number of sulfonamides is 1. The van der Waals surface area contributed by atoms with E-state index in [1.165, 1.54) is 10.6 Å². The normalized spacial score (nSPS) is 22.4. The summed E-state index contributed by atoms with van der Waals surface area (Å²) in [5.41, 5.74) is 0.706. The van der Waals surface area contributed by atoms with E-state index in [1.54, 1.807) is 18.7 Å². The van der Waals surface area contributed by atoms with Crippen LogP contribution >= 0.6 is 0 Å². The van der Waals surface area contributed by atoms with Crippen LogP contribution < -0.4 is 10.2 Å². The third kappa shape index (κ3) is 3.74. The number of piperidine rings is 1. The van der Waals surface area contributed by atoms with E-state index < -0.39 is 10.0 Å². The van der Waals surface area contributed by atoms with Crippen LogP contribution in [-0.2, 0) is 14.8 Å². The maximum Gasteiger partial charge on any atom is 0.223 e. The van der Waals surface area contributed by atoms with Crippen molar-refractivity contribution in [3.05, 3.63) is 18.7 Å². The fourth-order valence-electron chi connectivity index (χ4n) is 3.81. The Labute approximate surface area is 157 Å². The van der Waals surface area contributed by atoms with E-state index in [9.17, 15) is 13.2 Å². The van der Waals surface area contributed by atoms with Gasteiger partial charge < -0.3 is 10.2 Å². The molecule has 0 aliphatic carbocycles. The summed E-state index contributed by atoms with van der Waals surface area (Å²) >= 11 is 0. The molecule has 1 atom stereocenters. The zero-order valence-electron chi connectivity index (χ0n) is 15.2. The first-order chi connectivity index (χ1) is 12.9. The van der Waals surface area contributed by atoms with Gasteiger partial charge in [-0.05, 0) is 19.3 Å². The fraction of sp³-hybridized carbons (Fsp3) is 0.625. The standard InChI is InChI=1S/C16H23N7O3S/c1-27(25,26)23-7-2-12(3-8-23)16(24)19-13-4-6-21(10-13)14-15-20-18-11-22(15)9-5-17-14/h5,9,11-13H,2-4,6-8,10H2,1H3,(H,19,24)/t13-/m0/s1. The lowest BCUT2D eigenvalue weighted by molar-refractivity contribution is -0.126. The number of nitrogens with one attached hydrogen (secondary N) is 1. The maximum absolute atomic E-state index is 12.6. The molecule has 4 heterocycles. The Morgan fingerprint density at radius 1 is 1.22 bits per heavy atom. The molecular formula is C16H23N7O3S. The summed E-state index contributed by atoms with van der Waals surface area (Å²) in [5, 5.41) is 11.2. The molecule has 11 heteroatoms. The van der Waals surface area contributed by atoms with Gasteiger partial charge in [0.15, 0.2) is 5.82 Å². The molecule has 4 rings (SSSR count). The summed E-state index contributed by atoms with van der Waals surface area (Å²) < 4.78 is 26.4. The van der Waals surface area contributed by atoms with Gasteiger partial charge in [0.05, 0.1) is 6.26 Å². The summed E-state index contributed by atoms with van der Waals surface area (Å²) in [6.45, 7) is 2.28. The predicted octanol–water partition coefficient (Wildman–Crippen LogP) is -0.509. The molecule has 2 aliphatic rings. The first-order valence-corrected chi connectivity index (χ1v) is 10.9. The Hall–Kier alpha value is -2.27. The molecule has 2 aromatic heterocycles. The molecule has 1 N–H and O–H groups in total. The van der Waals surface area contributed by atoms with Crippen molar-refractivity contribution in [2.24, 2.45) is 5.92 Å². The van der Waals surface area contributed by atoms with Crippen LogP contribution in [0, 0.1) is 5.92 Å². The van der Waals surface area contributed by atoms with Crippen molar-refractivity contribution < 1.29 is 13.2 Å². The van der Waals surface area contributed by atoms with Gasteiger partial charge in [-0.15, -0.1) is 10.2 Å². The van der Waals surface area contributed by atoms with E-state index in [1.807, 2.05) is 4.40 Å². The number of hydrogen-bond acceptors (Lipinski definition) is 7. The quantitative estimate of drug-likeness (QED) is 0.744. The van der Waals surface area contributed by atoms with E-state index in [0.717, 1.165) is 18.8 Å². The van der Waals surface area contributed by atoms with E-state index in [2.05, 4.69) is 25.4 Å². The molecule has 10 nitrogen and oxygen atoms in total. The summed E-state index contributed by atoms with van der Waals surface area (Å²) in [7, 11) is -3.17. The van der Waals surface area contributed by atoms with Crippen LogP contribution in [0.4, 0.5) is 5.82 Å². The van der Waals surface area contributed by atoms with Crippen molar-refractivity contribution in [3.8, 4) is 0 Å². The van der Waals surface area contributed by atoms with Gasteiger partial charge in [0.2, 0.25) is 21.6 Å². The number of fused-ring (bicyclic) bond motifs is 1. The molecule has 2 aliphatic heterocycles. The van der Waals surface area contributed by atoms with Crippen molar-refractivity contribution in [3.63, 3.8) is 0 Å². The second-order valence-corrected chi connectivity index (χ2v) is 9.17. The smallest absolute Gasteiger partial charge is 0.223 e. The molecule has 0 spiro atoms. The lowest BCUT2D eigenvalue weighted by atomic mass is 9.97. The second kappa shape index (κ2) is 7.04. The van der Waals surface area contributed by atoms with Crippen LogP contribution in [0.3, 0.4) is 0 Å². The molecule has 0 bridgehead atoms. The average Bonchev–Trinajstić information content (AvgIpc) is 3.30.